The van der Waals surface area contributed by atoms with Crippen molar-refractivity contribution in [1.82, 2.24) is 25.1 Å². The van der Waals surface area contributed by atoms with Gasteiger partial charge in [-0.2, -0.15) is 0 Å². The van der Waals surface area contributed by atoms with E-state index in [4.69, 9.17) is 0 Å². The molecule has 0 unspecified atom stereocenters. The predicted molar refractivity (Wildman–Crippen MR) is 121 cm³/mol. The van der Waals surface area contributed by atoms with Crippen molar-refractivity contribution in [3.63, 3.8) is 0 Å². The number of aromatic nitrogens is 4. The lowest BCUT2D eigenvalue weighted by Crippen LogP contribution is -2.48. The Kier molecular flexibility index (Phi) is 6.61. The third-order valence-electron chi connectivity index (χ3n) is 6.13. The third-order valence-corrected chi connectivity index (χ3v) is 6.13. The lowest BCUT2D eigenvalue weighted by Gasteiger charge is -2.40. The van der Waals surface area contributed by atoms with Crippen LogP contribution in [0.5, 0.6) is 0 Å². The molecule has 0 saturated carbocycles. The molecule has 2 aromatic carbocycles. The van der Waals surface area contributed by atoms with E-state index in [0.29, 0.717) is 6.54 Å². The van der Waals surface area contributed by atoms with E-state index in [1.165, 1.54) is 28.9 Å². The molecule has 4 rings (SSSR count). The smallest absolute Gasteiger partial charge is 0.168 e. The number of hydrogen-bond donors (Lipinski definition) is 0. The number of tetrazole rings is 1. The number of anilines is 1. The lowest BCUT2D eigenvalue weighted by atomic mass is 10.1. The third kappa shape index (κ3) is 4.93. The zero-order valence-electron chi connectivity index (χ0n) is 18.6. The van der Waals surface area contributed by atoms with Crippen LogP contribution < -0.4 is 4.90 Å². The fraction of sp³-hybridized carbons (Fsp3) is 0.458. The molecule has 1 aliphatic heterocycles. The van der Waals surface area contributed by atoms with E-state index in [9.17, 15) is 4.39 Å². The van der Waals surface area contributed by atoms with Crippen molar-refractivity contribution in [2.24, 2.45) is 0 Å². The van der Waals surface area contributed by atoms with Crippen LogP contribution >= 0.6 is 0 Å². The highest BCUT2D eigenvalue weighted by molar-refractivity contribution is 5.55. The fourth-order valence-electron chi connectivity index (χ4n) is 4.41. The molecule has 7 heteroatoms. The van der Waals surface area contributed by atoms with Gasteiger partial charge in [0.15, 0.2) is 5.82 Å². The summed E-state index contributed by atoms with van der Waals surface area (Å²) in [6.45, 7) is 11.0. The van der Waals surface area contributed by atoms with E-state index in [0.717, 1.165) is 50.4 Å². The van der Waals surface area contributed by atoms with Crippen LogP contribution in [0.25, 0.3) is 0 Å². The van der Waals surface area contributed by atoms with Crippen LogP contribution in [0.4, 0.5) is 10.1 Å². The molecule has 0 N–H and O–H groups in total. The minimum Gasteiger partial charge on any atom is -0.369 e. The average molecular weight is 423 g/mol. The topological polar surface area (TPSA) is 50.1 Å². The van der Waals surface area contributed by atoms with E-state index < -0.39 is 0 Å². The number of halogens is 1. The lowest BCUT2D eigenvalue weighted by molar-refractivity contribution is 0.164. The SMILES string of the molecule is CCC[C@H](c1nnnn1Cc1ccc(F)cc1)N1CCN(c2cc(C)ccc2C)CC1. The van der Waals surface area contributed by atoms with Gasteiger partial charge in [0.1, 0.15) is 5.82 Å². The summed E-state index contributed by atoms with van der Waals surface area (Å²) in [5, 5.41) is 12.6. The second-order valence-electron chi connectivity index (χ2n) is 8.44. The molecule has 1 saturated heterocycles. The van der Waals surface area contributed by atoms with Crippen molar-refractivity contribution >= 4 is 5.69 Å². The Labute approximate surface area is 183 Å². The molecule has 0 bridgehead atoms. The Morgan fingerprint density at radius 2 is 1.74 bits per heavy atom. The first kappa shape index (κ1) is 21.4. The molecular weight excluding hydrogens is 391 g/mol. The molecule has 0 aliphatic carbocycles. The maximum absolute atomic E-state index is 13.3. The maximum atomic E-state index is 13.3. The highest BCUT2D eigenvalue weighted by atomic mass is 19.1. The zero-order valence-corrected chi connectivity index (χ0v) is 18.6. The van der Waals surface area contributed by atoms with Crippen LogP contribution in [-0.2, 0) is 6.54 Å². The highest BCUT2D eigenvalue weighted by Gasteiger charge is 2.29. The van der Waals surface area contributed by atoms with Gasteiger partial charge in [-0.15, -0.1) is 5.10 Å². The number of piperazine rings is 1. The molecule has 3 aromatic rings. The number of benzene rings is 2. The average Bonchev–Trinajstić information content (AvgIpc) is 3.23. The van der Waals surface area contributed by atoms with Gasteiger partial charge in [0.2, 0.25) is 0 Å². The normalized spacial score (nSPS) is 15.9. The summed E-state index contributed by atoms with van der Waals surface area (Å²) in [6.07, 6.45) is 2.07. The van der Waals surface area contributed by atoms with Crippen molar-refractivity contribution in [2.45, 2.75) is 46.2 Å². The largest absolute Gasteiger partial charge is 0.369 e. The Hall–Kier alpha value is -2.80. The van der Waals surface area contributed by atoms with E-state index in [2.05, 4.69) is 64.3 Å². The molecular formula is C24H31FN6. The summed E-state index contributed by atoms with van der Waals surface area (Å²) in [4.78, 5) is 5.00. The second-order valence-corrected chi connectivity index (χ2v) is 8.44. The van der Waals surface area contributed by atoms with Crippen LogP contribution in [-0.4, -0.2) is 51.3 Å². The van der Waals surface area contributed by atoms with E-state index in [1.54, 1.807) is 12.1 Å². The standard InChI is InChI=1S/C24H31FN6/c1-4-5-22(24-26-27-28-31(24)17-20-8-10-21(25)11-9-20)29-12-14-30(15-13-29)23-16-18(2)6-7-19(23)3/h6-11,16,22H,4-5,12-15,17H2,1-3H3/t22-/m1/s1. The summed E-state index contributed by atoms with van der Waals surface area (Å²) in [6, 6.07) is 13.4. The van der Waals surface area contributed by atoms with E-state index in [-0.39, 0.29) is 11.9 Å². The predicted octanol–water partition coefficient (Wildman–Crippen LogP) is 4.14. The highest BCUT2D eigenvalue weighted by Crippen LogP contribution is 2.28. The summed E-state index contributed by atoms with van der Waals surface area (Å²) in [5.41, 5.74) is 4.96. The van der Waals surface area contributed by atoms with Gasteiger partial charge in [-0.3, -0.25) is 4.90 Å². The van der Waals surface area contributed by atoms with E-state index in [1.807, 2.05) is 4.68 Å². The van der Waals surface area contributed by atoms with Gasteiger partial charge >= 0.3 is 0 Å². The molecule has 1 aliphatic rings. The minimum atomic E-state index is -0.230. The van der Waals surface area contributed by atoms with Crippen LogP contribution in [0.2, 0.25) is 0 Å². The van der Waals surface area contributed by atoms with Crippen LogP contribution in [0.15, 0.2) is 42.5 Å². The summed E-state index contributed by atoms with van der Waals surface area (Å²) < 4.78 is 15.1. The van der Waals surface area contributed by atoms with Crippen molar-refractivity contribution in [3.8, 4) is 0 Å². The van der Waals surface area contributed by atoms with Gasteiger partial charge in [-0.05, 0) is 65.6 Å². The van der Waals surface area contributed by atoms with Gasteiger partial charge in [-0.1, -0.05) is 37.6 Å². The molecule has 2 heterocycles. The first-order valence-corrected chi connectivity index (χ1v) is 11.1. The quantitative estimate of drug-likeness (QED) is 0.573. The molecule has 0 amide bonds. The van der Waals surface area contributed by atoms with Gasteiger partial charge < -0.3 is 4.90 Å². The van der Waals surface area contributed by atoms with Crippen molar-refractivity contribution < 1.29 is 4.39 Å². The Bertz CT molecular complexity index is 992. The number of rotatable bonds is 7. The monoisotopic (exact) mass is 422 g/mol. The Morgan fingerprint density at radius 1 is 1.00 bits per heavy atom. The molecule has 0 spiro atoms. The zero-order chi connectivity index (χ0) is 21.8. The minimum absolute atomic E-state index is 0.182. The molecule has 0 radical (unpaired) electrons. The maximum Gasteiger partial charge on any atom is 0.168 e. The van der Waals surface area contributed by atoms with Crippen molar-refractivity contribution in [1.29, 1.82) is 0 Å². The van der Waals surface area contributed by atoms with Gasteiger partial charge in [-0.25, -0.2) is 9.07 Å². The number of nitrogens with zero attached hydrogens (tertiary/aromatic N) is 6. The summed E-state index contributed by atoms with van der Waals surface area (Å²) in [7, 11) is 0. The molecule has 31 heavy (non-hydrogen) atoms. The van der Waals surface area contributed by atoms with Crippen LogP contribution in [0.3, 0.4) is 0 Å². The fourth-order valence-corrected chi connectivity index (χ4v) is 4.41. The van der Waals surface area contributed by atoms with E-state index >= 15 is 0 Å². The summed E-state index contributed by atoms with van der Waals surface area (Å²) in [5.74, 6) is 0.664. The van der Waals surface area contributed by atoms with Crippen molar-refractivity contribution in [2.75, 3.05) is 31.1 Å². The van der Waals surface area contributed by atoms with Crippen LogP contribution in [0, 0.1) is 19.7 Å². The summed E-state index contributed by atoms with van der Waals surface area (Å²) >= 11 is 0. The van der Waals surface area contributed by atoms with Gasteiger partial charge in [0.25, 0.3) is 0 Å². The first-order chi connectivity index (χ1) is 15.0. The van der Waals surface area contributed by atoms with Gasteiger partial charge in [0.05, 0.1) is 12.6 Å². The Morgan fingerprint density at radius 3 is 2.45 bits per heavy atom. The first-order valence-electron chi connectivity index (χ1n) is 11.1. The molecule has 164 valence electrons. The number of aryl methyl sites for hydroxylation is 2. The molecule has 1 aromatic heterocycles. The number of hydrogen-bond acceptors (Lipinski definition) is 5. The molecule has 6 nitrogen and oxygen atoms in total. The molecule has 1 fully saturated rings. The van der Waals surface area contributed by atoms with Crippen molar-refractivity contribution in [3.05, 3.63) is 70.8 Å². The van der Waals surface area contributed by atoms with Gasteiger partial charge in [0, 0.05) is 31.9 Å². The molecule has 1 atom stereocenters. The van der Waals surface area contributed by atoms with Crippen LogP contribution in [0.1, 0.15) is 48.3 Å². The second kappa shape index (κ2) is 9.56. The Balaban J connectivity index is 1.48.